The topological polar surface area (TPSA) is 66.9 Å². The van der Waals surface area contributed by atoms with E-state index in [2.05, 4.69) is 26.2 Å². The lowest BCUT2D eigenvalue weighted by atomic mass is 10.1. The number of nitrogens with zero attached hydrogens (tertiary/aromatic N) is 3. The summed E-state index contributed by atoms with van der Waals surface area (Å²) in [6.45, 7) is 2.53. The molecule has 1 amide bonds. The number of aromatic nitrogens is 1. The van der Waals surface area contributed by atoms with Crippen LogP contribution in [0.3, 0.4) is 0 Å². The highest BCUT2D eigenvalue weighted by atomic mass is 79.9. The Balaban J connectivity index is 1.93. The molecule has 3 rings (SSSR count). The molecule has 6 heteroatoms. The van der Waals surface area contributed by atoms with Crippen molar-refractivity contribution in [3.63, 3.8) is 0 Å². The van der Waals surface area contributed by atoms with Gasteiger partial charge in [-0.1, -0.05) is 46.3 Å². The van der Waals surface area contributed by atoms with E-state index < -0.39 is 0 Å². The normalized spacial score (nSPS) is 11.4. The van der Waals surface area contributed by atoms with Gasteiger partial charge in [-0.25, -0.2) is 0 Å². The minimum atomic E-state index is -0.354. The summed E-state index contributed by atoms with van der Waals surface area (Å²) >= 11 is 3.42. The molecule has 0 spiro atoms. The van der Waals surface area contributed by atoms with Gasteiger partial charge in [0.2, 0.25) is 5.88 Å². The molecule has 3 aromatic rings. The van der Waals surface area contributed by atoms with E-state index in [0.29, 0.717) is 12.2 Å². The average molecular weight is 386 g/mol. The number of hydrogen-bond donors (Lipinski definition) is 1. The Morgan fingerprint density at radius 2 is 1.96 bits per heavy atom. The van der Waals surface area contributed by atoms with Crippen molar-refractivity contribution in [1.29, 1.82) is 0 Å². The first-order valence-corrected chi connectivity index (χ1v) is 8.38. The van der Waals surface area contributed by atoms with Gasteiger partial charge >= 0.3 is 0 Å². The number of azo groups is 1. The molecule has 0 saturated carbocycles. The van der Waals surface area contributed by atoms with E-state index >= 15 is 0 Å². The molecule has 0 aliphatic rings. The van der Waals surface area contributed by atoms with E-state index in [4.69, 9.17) is 0 Å². The van der Waals surface area contributed by atoms with Crippen LogP contribution < -0.4 is 0 Å². The lowest BCUT2D eigenvalue weighted by Gasteiger charge is -2.01. The number of halogens is 1. The summed E-state index contributed by atoms with van der Waals surface area (Å²) in [4.78, 5) is 12.0. The van der Waals surface area contributed by atoms with Crippen LogP contribution >= 0.6 is 15.9 Å². The second kappa shape index (κ2) is 6.97. The molecule has 0 saturated heterocycles. The Hall–Kier alpha value is -2.47. The second-order valence-electron chi connectivity index (χ2n) is 5.33. The van der Waals surface area contributed by atoms with Gasteiger partial charge in [0, 0.05) is 16.4 Å². The number of amides is 1. The number of hydrogen-bond acceptors (Lipinski definition) is 3. The maximum atomic E-state index is 12.0. The van der Waals surface area contributed by atoms with Gasteiger partial charge < -0.3 is 9.67 Å². The van der Waals surface area contributed by atoms with Gasteiger partial charge in [-0.15, -0.1) is 10.2 Å². The van der Waals surface area contributed by atoms with Crippen LogP contribution in [-0.4, -0.2) is 15.6 Å². The number of carbonyl (C=O) groups is 1. The summed E-state index contributed by atoms with van der Waals surface area (Å²) < 4.78 is 2.60. The van der Waals surface area contributed by atoms with Crippen LogP contribution in [0.2, 0.25) is 0 Å². The largest absolute Gasteiger partial charge is 0.493 e. The van der Waals surface area contributed by atoms with E-state index in [0.717, 1.165) is 20.9 Å². The van der Waals surface area contributed by atoms with E-state index in [9.17, 15) is 9.90 Å². The zero-order valence-corrected chi connectivity index (χ0v) is 14.7. The maximum absolute atomic E-state index is 12.0. The summed E-state index contributed by atoms with van der Waals surface area (Å²) in [6, 6.07) is 15.0. The molecule has 1 N–H and O–H groups in total. The highest BCUT2D eigenvalue weighted by Gasteiger charge is 2.16. The van der Waals surface area contributed by atoms with E-state index in [1.807, 2.05) is 55.5 Å². The number of benzene rings is 2. The number of aromatic hydroxyl groups is 1. The average Bonchev–Trinajstić information content (AvgIpc) is 2.84. The van der Waals surface area contributed by atoms with Crippen LogP contribution in [0.4, 0.5) is 5.69 Å². The molecule has 5 nitrogen and oxygen atoms in total. The molecule has 1 heterocycles. The number of fused-ring (bicyclic) bond motifs is 1. The molecule has 0 aliphatic carbocycles. The lowest BCUT2D eigenvalue weighted by molar-refractivity contribution is -0.117. The van der Waals surface area contributed by atoms with Crippen molar-refractivity contribution in [2.45, 2.75) is 19.9 Å². The van der Waals surface area contributed by atoms with Crippen molar-refractivity contribution in [3.8, 4) is 5.88 Å². The summed E-state index contributed by atoms with van der Waals surface area (Å²) in [5.41, 5.74) is 2.04. The molecule has 0 atom stereocenters. The predicted molar refractivity (Wildman–Crippen MR) is 96.6 cm³/mol. The predicted octanol–water partition coefficient (Wildman–Crippen LogP) is 4.98. The summed E-state index contributed by atoms with van der Waals surface area (Å²) in [5, 5.41) is 18.9. The molecule has 2 aromatic carbocycles. The van der Waals surface area contributed by atoms with Crippen LogP contribution in [0.1, 0.15) is 12.5 Å². The number of aryl methyl sites for hydroxylation is 1. The molecule has 0 radical (unpaired) electrons. The third kappa shape index (κ3) is 3.23. The third-order valence-electron chi connectivity index (χ3n) is 3.75. The highest BCUT2D eigenvalue weighted by Crippen LogP contribution is 2.39. The SMILES string of the molecule is CCn1c(O)c(N=NC(=O)Cc2ccccc2)c2cc(Br)ccc21. The monoisotopic (exact) mass is 385 g/mol. The van der Waals surface area contributed by atoms with Crippen LogP contribution in [-0.2, 0) is 17.8 Å². The van der Waals surface area contributed by atoms with E-state index in [1.54, 1.807) is 4.57 Å². The molecule has 1 aromatic heterocycles. The van der Waals surface area contributed by atoms with Gasteiger partial charge in [0.25, 0.3) is 5.91 Å². The Morgan fingerprint density at radius 1 is 1.21 bits per heavy atom. The Morgan fingerprint density at radius 3 is 2.67 bits per heavy atom. The molecule has 0 fully saturated rings. The Labute approximate surface area is 147 Å². The molecule has 122 valence electrons. The fourth-order valence-corrected chi connectivity index (χ4v) is 2.99. The first kappa shape index (κ1) is 16.4. The third-order valence-corrected chi connectivity index (χ3v) is 4.24. The smallest absolute Gasteiger partial charge is 0.269 e. The fourth-order valence-electron chi connectivity index (χ4n) is 2.63. The van der Waals surface area contributed by atoms with Crippen LogP contribution in [0, 0.1) is 0 Å². The van der Waals surface area contributed by atoms with E-state index in [1.165, 1.54) is 0 Å². The van der Waals surface area contributed by atoms with Gasteiger partial charge in [-0.2, -0.15) is 0 Å². The molecular weight excluding hydrogens is 370 g/mol. The first-order chi connectivity index (χ1) is 11.6. The van der Waals surface area contributed by atoms with Gasteiger partial charge in [0.15, 0.2) is 5.69 Å². The molecule has 24 heavy (non-hydrogen) atoms. The lowest BCUT2D eigenvalue weighted by Crippen LogP contribution is -1.97. The molecule has 0 aliphatic heterocycles. The Bertz CT molecular complexity index is 917. The molecule has 0 unspecified atom stereocenters. The van der Waals surface area contributed by atoms with Gasteiger partial charge in [0.05, 0.1) is 11.9 Å². The minimum Gasteiger partial charge on any atom is -0.493 e. The van der Waals surface area contributed by atoms with Crippen molar-refractivity contribution < 1.29 is 9.90 Å². The summed E-state index contributed by atoms with van der Waals surface area (Å²) in [7, 11) is 0. The van der Waals surface area contributed by atoms with Crippen molar-refractivity contribution >= 4 is 38.4 Å². The van der Waals surface area contributed by atoms with Crippen molar-refractivity contribution in [2.75, 3.05) is 0 Å². The number of carbonyl (C=O) groups excluding carboxylic acids is 1. The molecular formula is C18H16BrN3O2. The van der Waals surface area contributed by atoms with Gasteiger partial charge in [-0.3, -0.25) is 4.79 Å². The molecule has 0 bridgehead atoms. The van der Waals surface area contributed by atoms with Crippen LogP contribution in [0.5, 0.6) is 5.88 Å². The quantitative estimate of drug-likeness (QED) is 0.643. The first-order valence-electron chi connectivity index (χ1n) is 7.59. The van der Waals surface area contributed by atoms with Crippen molar-refractivity contribution in [3.05, 3.63) is 58.6 Å². The van der Waals surface area contributed by atoms with E-state index in [-0.39, 0.29) is 18.2 Å². The Kier molecular flexibility index (Phi) is 4.76. The van der Waals surface area contributed by atoms with Gasteiger partial charge in [-0.05, 0) is 30.7 Å². The summed E-state index contributed by atoms with van der Waals surface area (Å²) in [5.74, 6) is -0.338. The zero-order chi connectivity index (χ0) is 17.1. The minimum absolute atomic E-state index is 0.0156. The fraction of sp³-hybridized carbons (Fsp3) is 0.167. The van der Waals surface area contributed by atoms with Crippen LogP contribution in [0.15, 0.2) is 63.2 Å². The standard InChI is InChI=1S/C18H16BrN3O2/c1-2-22-15-9-8-13(19)11-14(15)17(18(22)24)21-20-16(23)10-12-6-4-3-5-7-12/h3-9,11,24H,2,10H2,1H3. The highest BCUT2D eigenvalue weighted by molar-refractivity contribution is 9.10. The van der Waals surface area contributed by atoms with Crippen LogP contribution in [0.25, 0.3) is 10.9 Å². The number of rotatable bonds is 4. The second-order valence-corrected chi connectivity index (χ2v) is 6.25. The maximum Gasteiger partial charge on any atom is 0.269 e. The van der Waals surface area contributed by atoms with Crippen molar-refractivity contribution in [1.82, 2.24) is 4.57 Å². The van der Waals surface area contributed by atoms with Gasteiger partial charge in [0.1, 0.15) is 0 Å². The summed E-state index contributed by atoms with van der Waals surface area (Å²) in [6.07, 6.45) is 0.182. The zero-order valence-electron chi connectivity index (χ0n) is 13.1. The van der Waals surface area contributed by atoms with Crippen molar-refractivity contribution in [2.24, 2.45) is 10.2 Å².